The van der Waals surface area contributed by atoms with Gasteiger partial charge in [0.2, 0.25) is 0 Å². The van der Waals surface area contributed by atoms with E-state index in [-0.39, 0.29) is 6.04 Å². The van der Waals surface area contributed by atoms with Gasteiger partial charge in [0.1, 0.15) is 5.60 Å². The second-order valence-corrected chi connectivity index (χ2v) is 6.36. The number of rotatable bonds is 3. The van der Waals surface area contributed by atoms with Crippen molar-refractivity contribution >= 4 is 17.7 Å². The van der Waals surface area contributed by atoms with Gasteiger partial charge in [-0.1, -0.05) is 24.3 Å². The van der Waals surface area contributed by atoms with Crippen molar-refractivity contribution in [3.63, 3.8) is 0 Å². The van der Waals surface area contributed by atoms with Crippen LogP contribution in [0.2, 0.25) is 0 Å². The third-order valence-corrected chi connectivity index (χ3v) is 3.34. The van der Waals surface area contributed by atoms with Crippen molar-refractivity contribution in [2.24, 2.45) is 0 Å². The largest absolute Gasteiger partial charge is 0.463 e. The molecule has 1 aromatic rings. The van der Waals surface area contributed by atoms with Crippen molar-refractivity contribution < 1.29 is 19.1 Å². The Kier molecular flexibility index (Phi) is 5.08. The number of hydrogen-bond donors (Lipinski definition) is 0. The van der Waals surface area contributed by atoms with E-state index in [9.17, 15) is 9.59 Å². The topological polar surface area (TPSA) is 55.8 Å². The first kappa shape index (κ1) is 17.1. The number of carbonyl (C=O) groups excluding carboxylic acids is 2. The molecule has 124 valence electrons. The summed E-state index contributed by atoms with van der Waals surface area (Å²) in [4.78, 5) is 25.7. The highest BCUT2D eigenvalue weighted by Crippen LogP contribution is 2.33. The summed E-state index contributed by atoms with van der Waals surface area (Å²) in [5.74, 6) is -0.410. The second-order valence-electron chi connectivity index (χ2n) is 6.36. The van der Waals surface area contributed by atoms with E-state index < -0.39 is 17.7 Å². The highest BCUT2D eigenvalue weighted by molar-refractivity contribution is 5.92. The van der Waals surface area contributed by atoms with E-state index in [4.69, 9.17) is 9.47 Å². The summed E-state index contributed by atoms with van der Waals surface area (Å²) < 4.78 is 10.4. The van der Waals surface area contributed by atoms with E-state index in [1.54, 1.807) is 17.9 Å². The molecule has 2 rings (SSSR count). The average Bonchev–Trinajstić information content (AvgIpc) is 2.82. The molecule has 1 amide bonds. The van der Waals surface area contributed by atoms with Crippen molar-refractivity contribution in [2.45, 2.75) is 45.8 Å². The number of anilines is 1. The monoisotopic (exact) mass is 317 g/mol. The Hall–Kier alpha value is -2.30. The summed E-state index contributed by atoms with van der Waals surface area (Å²) in [6, 6.07) is 7.42. The van der Waals surface area contributed by atoms with E-state index in [0.717, 1.165) is 11.3 Å². The Morgan fingerprint density at radius 3 is 2.65 bits per heavy atom. The summed E-state index contributed by atoms with van der Waals surface area (Å²) in [6.07, 6.45) is 3.30. The van der Waals surface area contributed by atoms with Crippen LogP contribution in [0, 0.1) is 0 Å². The lowest BCUT2D eigenvalue weighted by atomic mass is 10.1. The number of fused-ring (bicyclic) bond motifs is 1. The van der Waals surface area contributed by atoms with E-state index in [1.807, 2.05) is 45.0 Å². The maximum atomic E-state index is 12.6. The molecule has 0 spiro atoms. The van der Waals surface area contributed by atoms with Crippen molar-refractivity contribution in [2.75, 3.05) is 11.5 Å². The van der Waals surface area contributed by atoms with Crippen LogP contribution < -0.4 is 4.90 Å². The third-order valence-electron chi connectivity index (χ3n) is 3.34. The van der Waals surface area contributed by atoms with Gasteiger partial charge in [-0.05, 0) is 45.7 Å². The maximum Gasteiger partial charge on any atom is 0.415 e. The first-order chi connectivity index (χ1) is 10.8. The first-order valence-electron chi connectivity index (χ1n) is 7.77. The van der Waals surface area contributed by atoms with Gasteiger partial charge in [0.05, 0.1) is 18.3 Å². The number of benzene rings is 1. The Bertz CT molecular complexity index is 616. The molecule has 0 aliphatic carbocycles. The van der Waals surface area contributed by atoms with Crippen LogP contribution in [0.15, 0.2) is 36.4 Å². The maximum absolute atomic E-state index is 12.6. The van der Waals surface area contributed by atoms with Gasteiger partial charge >= 0.3 is 12.1 Å². The number of nitrogens with zero attached hydrogens (tertiary/aromatic N) is 1. The minimum atomic E-state index is -0.579. The molecule has 1 aromatic carbocycles. The molecule has 1 heterocycles. The number of amides is 1. The van der Waals surface area contributed by atoms with Gasteiger partial charge in [0, 0.05) is 6.08 Å². The van der Waals surface area contributed by atoms with Crippen LogP contribution >= 0.6 is 0 Å². The van der Waals surface area contributed by atoms with Gasteiger partial charge < -0.3 is 9.47 Å². The van der Waals surface area contributed by atoms with Gasteiger partial charge in [-0.25, -0.2) is 9.59 Å². The standard InChI is InChI=1S/C18H23NO4/c1-5-22-16(20)11-10-14-12-13-8-6-7-9-15(13)19(14)17(21)23-18(2,3)4/h6-11,14H,5,12H2,1-4H3/b11-10+. The molecule has 0 fully saturated rings. The molecular weight excluding hydrogens is 294 g/mol. The average molecular weight is 317 g/mol. The summed E-state index contributed by atoms with van der Waals surface area (Å²) in [7, 11) is 0. The highest BCUT2D eigenvalue weighted by Gasteiger charge is 2.35. The van der Waals surface area contributed by atoms with Crippen molar-refractivity contribution in [3.05, 3.63) is 42.0 Å². The lowest BCUT2D eigenvalue weighted by molar-refractivity contribution is -0.137. The fraction of sp³-hybridized carbons (Fsp3) is 0.444. The van der Waals surface area contributed by atoms with E-state index in [1.165, 1.54) is 6.08 Å². The smallest absolute Gasteiger partial charge is 0.415 e. The van der Waals surface area contributed by atoms with Crippen molar-refractivity contribution in [1.82, 2.24) is 0 Å². The summed E-state index contributed by atoms with van der Waals surface area (Å²) in [5.41, 5.74) is 1.29. The minimum Gasteiger partial charge on any atom is -0.463 e. The predicted molar refractivity (Wildman–Crippen MR) is 88.4 cm³/mol. The number of ether oxygens (including phenoxy) is 2. The molecule has 0 bridgehead atoms. The molecule has 0 saturated carbocycles. The normalized spacial score (nSPS) is 17.2. The van der Waals surface area contributed by atoms with Crippen LogP contribution in [0.25, 0.3) is 0 Å². The van der Waals surface area contributed by atoms with Gasteiger partial charge in [-0.15, -0.1) is 0 Å². The number of esters is 1. The molecule has 5 heteroatoms. The second kappa shape index (κ2) is 6.86. The fourth-order valence-electron chi connectivity index (χ4n) is 2.49. The molecule has 0 aromatic heterocycles. The zero-order valence-electron chi connectivity index (χ0n) is 14.0. The number of carbonyl (C=O) groups is 2. The molecule has 1 atom stereocenters. The minimum absolute atomic E-state index is 0.258. The molecule has 23 heavy (non-hydrogen) atoms. The third kappa shape index (κ3) is 4.34. The van der Waals surface area contributed by atoms with Crippen LogP contribution in [0.5, 0.6) is 0 Å². The van der Waals surface area contributed by atoms with Crippen molar-refractivity contribution in [3.8, 4) is 0 Å². The Balaban J connectivity index is 2.24. The van der Waals surface area contributed by atoms with Crippen LogP contribution in [-0.2, 0) is 20.7 Å². The lowest BCUT2D eigenvalue weighted by Crippen LogP contribution is -2.40. The van der Waals surface area contributed by atoms with Gasteiger partial charge in [0.25, 0.3) is 0 Å². The molecule has 0 N–H and O–H groups in total. The number of para-hydroxylation sites is 1. The molecule has 1 aliphatic rings. The SMILES string of the molecule is CCOC(=O)/C=C/C1Cc2ccccc2N1C(=O)OC(C)(C)C. The van der Waals surface area contributed by atoms with Crippen LogP contribution in [-0.4, -0.2) is 30.3 Å². The molecular formula is C18H23NO4. The summed E-state index contributed by atoms with van der Waals surface area (Å²) >= 11 is 0. The Labute approximate surface area is 136 Å². The molecule has 0 saturated heterocycles. The Morgan fingerprint density at radius 1 is 1.30 bits per heavy atom. The number of hydrogen-bond acceptors (Lipinski definition) is 4. The van der Waals surface area contributed by atoms with Crippen LogP contribution in [0.1, 0.15) is 33.3 Å². The Morgan fingerprint density at radius 2 is 2.00 bits per heavy atom. The lowest BCUT2D eigenvalue weighted by Gasteiger charge is -2.27. The summed E-state index contributed by atoms with van der Waals surface area (Å²) in [5, 5.41) is 0. The van der Waals surface area contributed by atoms with Gasteiger partial charge in [-0.3, -0.25) is 4.90 Å². The zero-order chi connectivity index (χ0) is 17.0. The fourth-order valence-corrected chi connectivity index (χ4v) is 2.49. The van der Waals surface area contributed by atoms with E-state index in [2.05, 4.69) is 0 Å². The van der Waals surface area contributed by atoms with E-state index in [0.29, 0.717) is 13.0 Å². The van der Waals surface area contributed by atoms with Gasteiger partial charge in [0.15, 0.2) is 0 Å². The molecule has 5 nitrogen and oxygen atoms in total. The predicted octanol–water partition coefficient (Wildman–Crippen LogP) is 3.47. The quantitative estimate of drug-likeness (QED) is 0.633. The summed E-state index contributed by atoms with van der Waals surface area (Å²) in [6.45, 7) is 7.57. The highest BCUT2D eigenvalue weighted by atomic mass is 16.6. The zero-order valence-corrected chi connectivity index (χ0v) is 14.0. The van der Waals surface area contributed by atoms with Gasteiger partial charge in [-0.2, -0.15) is 0 Å². The van der Waals surface area contributed by atoms with Crippen LogP contribution in [0.4, 0.5) is 10.5 Å². The molecule has 0 radical (unpaired) electrons. The first-order valence-corrected chi connectivity index (χ1v) is 7.77. The van der Waals surface area contributed by atoms with Crippen LogP contribution in [0.3, 0.4) is 0 Å². The van der Waals surface area contributed by atoms with E-state index >= 15 is 0 Å². The van der Waals surface area contributed by atoms with Crippen molar-refractivity contribution in [1.29, 1.82) is 0 Å². The molecule has 1 unspecified atom stereocenters. The molecule has 1 aliphatic heterocycles.